The summed E-state index contributed by atoms with van der Waals surface area (Å²) in [5, 5.41) is 0. The molecule has 0 N–H and O–H groups in total. The summed E-state index contributed by atoms with van der Waals surface area (Å²) >= 11 is 0. The Morgan fingerprint density at radius 2 is 2.09 bits per heavy atom. The van der Waals surface area contributed by atoms with E-state index >= 15 is 0 Å². The fraction of sp³-hybridized carbons (Fsp3) is 0.412. The molecule has 0 saturated carbocycles. The van der Waals surface area contributed by atoms with Crippen molar-refractivity contribution in [2.75, 3.05) is 26.2 Å². The monoisotopic (exact) mass is 312 g/mol. The van der Waals surface area contributed by atoms with Crippen molar-refractivity contribution in [3.8, 4) is 5.75 Å². The van der Waals surface area contributed by atoms with E-state index in [2.05, 4.69) is 20.5 Å². The van der Waals surface area contributed by atoms with Crippen molar-refractivity contribution in [3.63, 3.8) is 0 Å². The molecule has 0 spiro atoms. The summed E-state index contributed by atoms with van der Waals surface area (Å²) in [5.41, 5.74) is 2.25. The highest BCUT2D eigenvalue weighted by atomic mass is 16.5. The lowest BCUT2D eigenvalue weighted by molar-refractivity contribution is -0.134. The number of rotatable bonds is 2. The summed E-state index contributed by atoms with van der Waals surface area (Å²) in [6.45, 7) is 4.82. The molecule has 0 saturated heterocycles. The third-order valence-corrected chi connectivity index (χ3v) is 4.51. The van der Waals surface area contributed by atoms with Crippen LogP contribution in [0, 0.1) is 0 Å². The maximum Gasteiger partial charge on any atom is 0.237 e. The Hall–Kier alpha value is -2.34. The van der Waals surface area contributed by atoms with Crippen LogP contribution in [0.2, 0.25) is 0 Å². The van der Waals surface area contributed by atoms with Gasteiger partial charge in [-0.3, -0.25) is 9.69 Å². The molecule has 6 heteroatoms. The SMILES string of the molecule is O=C(CN1CCOc2ccccc2C1)N1CCn2cncc2C1. The average Bonchev–Trinajstić information content (AvgIpc) is 2.94. The van der Waals surface area contributed by atoms with Gasteiger partial charge in [0.15, 0.2) is 0 Å². The van der Waals surface area contributed by atoms with E-state index < -0.39 is 0 Å². The first-order valence-corrected chi connectivity index (χ1v) is 7.99. The number of ether oxygens (including phenoxy) is 1. The zero-order valence-corrected chi connectivity index (χ0v) is 13.0. The van der Waals surface area contributed by atoms with Gasteiger partial charge in [0, 0.05) is 37.9 Å². The molecule has 0 unspecified atom stereocenters. The van der Waals surface area contributed by atoms with Crippen LogP contribution in [0.25, 0.3) is 0 Å². The summed E-state index contributed by atoms with van der Waals surface area (Å²) in [4.78, 5) is 20.9. The van der Waals surface area contributed by atoms with Gasteiger partial charge in [0.1, 0.15) is 12.4 Å². The number of amides is 1. The molecule has 2 aliphatic rings. The molecule has 120 valence electrons. The predicted octanol–water partition coefficient (Wildman–Crippen LogP) is 1.12. The summed E-state index contributed by atoms with van der Waals surface area (Å²) < 4.78 is 7.87. The number of aromatic nitrogens is 2. The molecule has 2 aliphatic heterocycles. The van der Waals surface area contributed by atoms with E-state index in [0.29, 0.717) is 19.7 Å². The number of imidazole rings is 1. The van der Waals surface area contributed by atoms with E-state index in [9.17, 15) is 4.79 Å². The molecule has 3 heterocycles. The molecule has 1 aromatic carbocycles. The number of hydrogen-bond acceptors (Lipinski definition) is 4. The second-order valence-corrected chi connectivity index (χ2v) is 6.06. The fourth-order valence-corrected chi connectivity index (χ4v) is 3.20. The van der Waals surface area contributed by atoms with Gasteiger partial charge in [0.2, 0.25) is 5.91 Å². The van der Waals surface area contributed by atoms with Gasteiger partial charge in [0.05, 0.1) is 25.1 Å². The smallest absolute Gasteiger partial charge is 0.237 e. The summed E-state index contributed by atoms with van der Waals surface area (Å²) in [7, 11) is 0. The first-order chi connectivity index (χ1) is 11.3. The van der Waals surface area contributed by atoms with E-state index in [-0.39, 0.29) is 5.91 Å². The number of para-hydroxylation sites is 1. The Balaban J connectivity index is 1.41. The Bertz CT molecular complexity index is 712. The van der Waals surface area contributed by atoms with Crippen molar-refractivity contribution in [2.24, 2.45) is 0 Å². The molecule has 0 radical (unpaired) electrons. The second-order valence-electron chi connectivity index (χ2n) is 6.06. The topological polar surface area (TPSA) is 50.6 Å². The van der Waals surface area contributed by atoms with Crippen molar-refractivity contribution in [2.45, 2.75) is 19.6 Å². The molecule has 0 atom stereocenters. The largest absolute Gasteiger partial charge is 0.492 e. The standard InChI is InChI=1S/C17H20N4O2/c22-17(20-5-6-21-13-18-9-15(21)11-20)12-19-7-8-23-16-4-2-1-3-14(16)10-19/h1-4,9,13H,5-8,10-12H2. The average molecular weight is 312 g/mol. The van der Waals surface area contributed by atoms with Crippen molar-refractivity contribution >= 4 is 5.91 Å². The quantitative estimate of drug-likeness (QED) is 0.834. The van der Waals surface area contributed by atoms with Crippen LogP contribution in [0.1, 0.15) is 11.3 Å². The van der Waals surface area contributed by atoms with Crippen LogP contribution in [0.3, 0.4) is 0 Å². The van der Waals surface area contributed by atoms with Crippen LogP contribution in [0.5, 0.6) is 5.75 Å². The Morgan fingerprint density at radius 1 is 1.17 bits per heavy atom. The highest BCUT2D eigenvalue weighted by Crippen LogP contribution is 2.22. The molecule has 0 aliphatic carbocycles. The first-order valence-electron chi connectivity index (χ1n) is 7.99. The van der Waals surface area contributed by atoms with Crippen molar-refractivity contribution in [1.29, 1.82) is 0 Å². The minimum Gasteiger partial charge on any atom is -0.492 e. The van der Waals surface area contributed by atoms with Gasteiger partial charge < -0.3 is 14.2 Å². The maximum atomic E-state index is 12.6. The van der Waals surface area contributed by atoms with E-state index in [1.165, 1.54) is 0 Å². The lowest BCUT2D eigenvalue weighted by atomic mass is 10.2. The van der Waals surface area contributed by atoms with Crippen molar-refractivity contribution in [1.82, 2.24) is 19.4 Å². The number of fused-ring (bicyclic) bond motifs is 2. The number of carbonyl (C=O) groups is 1. The molecule has 4 rings (SSSR count). The van der Waals surface area contributed by atoms with Gasteiger partial charge in [0.25, 0.3) is 0 Å². The highest BCUT2D eigenvalue weighted by molar-refractivity contribution is 5.78. The lowest BCUT2D eigenvalue weighted by Crippen LogP contribution is -2.44. The van der Waals surface area contributed by atoms with Gasteiger partial charge in [-0.05, 0) is 6.07 Å². The molecule has 2 aromatic rings. The highest BCUT2D eigenvalue weighted by Gasteiger charge is 2.24. The maximum absolute atomic E-state index is 12.6. The third-order valence-electron chi connectivity index (χ3n) is 4.51. The van der Waals surface area contributed by atoms with E-state index in [1.807, 2.05) is 35.6 Å². The zero-order chi connectivity index (χ0) is 15.6. The number of benzene rings is 1. The van der Waals surface area contributed by atoms with Crippen LogP contribution >= 0.6 is 0 Å². The fourth-order valence-electron chi connectivity index (χ4n) is 3.20. The molecule has 0 bridgehead atoms. The van der Waals surface area contributed by atoms with E-state index in [1.54, 1.807) is 0 Å². The van der Waals surface area contributed by atoms with Gasteiger partial charge in [-0.1, -0.05) is 18.2 Å². The molecular formula is C17H20N4O2. The first kappa shape index (κ1) is 14.3. The third kappa shape index (κ3) is 2.94. The van der Waals surface area contributed by atoms with Crippen LogP contribution in [0.4, 0.5) is 0 Å². The van der Waals surface area contributed by atoms with E-state index in [0.717, 1.165) is 43.2 Å². The summed E-state index contributed by atoms with van der Waals surface area (Å²) in [5.74, 6) is 1.11. The molecule has 0 fully saturated rings. The van der Waals surface area contributed by atoms with Gasteiger partial charge in [-0.2, -0.15) is 0 Å². The molecule has 6 nitrogen and oxygen atoms in total. The zero-order valence-electron chi connectivity index (χ0n) is 13.0. The minimum absolute atomic E-state index is 0.178. The second kappa shape index (κ2) is 6.04. The Kier molecular flexibility index (Phi) is 3.75. The normalized spacial score (nSPS) is 17.8. The predicted molar refractivity (Wildman–Crippen MR) is 84.9 cm³/mol. The number of nitrogens with zero attached hydrogens (tertiary/aromatic N) is 4. The Labute approximate surface area is 135 Å². The summed E-state index contributed by atoms with van der Waals surface area (Å²) in [6.07, 6.45) is 3.68. The van der Waals surface area contributed by atoms with Gasteiger partial charge in [-0.25, -0.2) is 4.98 Å². The van der Waals surface area contributed by atoms with Gasteiger partial charge >= 0.3 is 0 Å². The van der Waals surface area contributed by atoms with Gasteiger partial charge in [-0.15, -0.1) is 0 Å². The molecule has 23 heavy (non-hydrogen) atoms. The molecule has 1 aromatic heterocycles. The lowest BCUT2D eigenvalue weighted by Gasteiger charge is -2.30. The summed E-state index contributed by atoms with van der Waals surface area (Å²) in [6, 6.07) is 8.06. The van der Waals surface area contributed by atoms with Crippen molar-refractivity contribution in [3.05, 3.63) is 48.0 Å². The molecule has 1 amide bonds. The van der Waals surface area contributed by atoms with Crippen molar-refractivity contribution < 1.29 is 9.53 Å². The van der Waals surface area contributed by atoms with Crippen LogP contribution in [-0.4, -0.2) is 51.5 Å². The van der Waals surface area contributed by atoms with E-state index in [4.69, 9.17) is 4.74 Å². The van der Waals surface area contributed by atoms with Crippen LogP contribution in [-0.2, 0) is 24.4 Å². The Morgan fingerprint density at radius 3 is 3.04 bits per heavy atom. The number of carbonyl (C=O) groups excluding carboxylic acids is 1. The molecular weight excluding hydrogens is 292 g/mol. The van der Waals surface area contributed by atoms with Crippen LogP contribution in [0.15, 0.2) is 36.8 Å². The van der Waals surface area contributed by atoms with Crippen LogP contribution < -0.4 is 4.74 Å². The minimum atomic E-state index is 0.178. The number of hydrogen-bond donors (Lipinski definition) is 0.